The van der Waals surface area contributed by atoms with Gasteiger partial charge in [-0.05, 0) is 25.0 Å². The van der Waals surface area contributed by atoms with Gasteiger partial charge in [-0.15, -0.1) is 0 Å². The van der Waals surface area contributed by atoms with E-state index in [9.17, 15) is 19.2 Å². The number of esters is 1. The molecule has 1 aromatic heterocycles. The Hall–Kier alpha value is -2.84. The lowest BCUT2D eigenvalue weighted by Gasteiger charge is -2.34. The van der Waals surface area contributed by atoms with Crippen LogP contribution in [0.15, 0.2) is 16.5 Å². The molecule has 2 aliphatic rings. The molecule has 0 saturated carbocycles. The van der Waals surface area contributed by atoms with Gasteiger partial charge in [0.1, 0.15) is 11.8 Å². The molecule has 0 aliphatic carbocycles. The summed E-state index contributed by atoms with van der Waals surface area (Å²) in [5.41, 5.74) is 0. The van der Waals surface area contributed by atoms with Crippen molar-refractivity contribution in [2.24, 2.45) is 0 Å². The number of amides is 3. The Morgan fingerprint density at radius 1 is 1.36 bits per heavy atom. The second kappa shape index (κ2) is 6.58. The van der Waals surface area contributed by atoms with Gasteiger partial charge in [-0.3, -0.25) is 14.4 Å². The molecule has 9 nitrogen and oxygen atoms in total. The Morgan fingerprint density at radius 2 is 2.12 bits per heavy atom. The lowest BCUT2D eigenvalue weighted by Crippen LogP contribution is -2.60. The van der Waals surface area contributed by atoms with Crippen LogP contribution in [0.4, 0.5) is 0 Å². The minimum atomic E-state index is -0.720. The number of hydrogen-bond acceptors (Lipinski definition) is 6. The number of carbonyl (C=O) groups is 4. The van der Waals surface area contributed by atoms with Gasteiger partial charge in [-0.2, -0.15) is 0 Å². The number of nitrogens with one attached hydrogen (secondary N) is 1. The van der Waals surface area contributed by atoms with Crippen LogP contribution in [0, 0.1) is 0 Å². The first kappa shape index (κ1) is 17.0. The van der Waals surface area contributed by atoms with E-state index in [1.807, 2.05) is 0 Å². The summed E-state index contributed by atoms with van der Waals surface area (Å²) in [5.74, 6) is -1.87. The van der Waals surface area contributed by atoms with Gasteiger partial charge in [0.05, 0.1) is 19.7 Å². The number of likely N-dealkylation sites (N-methyl/N-ethyl adjacent to an activating group) is 1. The second-order valence-corrected chi connectivity index (χ2v) is 6.12. The van der Waals surface area contributed by atoms with Crippen LogP contribution in [0.1, 0.15) is 29.2 Å². The summed E-state index contributed by atoms with van der Waals surface area (Å²) in [6.07, 6.45) is 1.27. The summed E-state index contributed by atoms with van der Waals surface area (Å²) in [7, 11) is 2.70. The van der Waals surface area contributed by atoms with Crippen LogP contribution in [-0.2, 0) is 25.7 Å². The van der Waals surface area contributed by atoms with Gasteiger partial charge < -0.3 is 24.3 Å². The fourth-order valence-electron chi connectivity index (χ4n) is 3.24. The third kappa shape index (κ3) is 3.09. The number of carbonyl (C=O) groups excluding carboxylic acids is 4. The second-order valence-electron chi connectivity index (χ2n) is 6.12. The zero-order valence-corrected chi connectivity index (χ0v) is 14.0. The van der Waals surface area contributed by atoms with Gasteiger partial charge >= 0.3 is 17.8 Å². The molecule has 2 saturated heterocycles. The average Bonchev–Trinajstić information content (AvgIpc) is 3.20. The topological polar surface area (TPSA) is 109 Å². The maximum Gasteiger partial charge on any atom is 0.373 e. The molecule has 134 valence electrons. The average molecular weight is 349 g/mol. The summed E-state index contributed by atoms with van der Waals surface area (Å²) in [6, 6.07) is 2.27. The number of nitrogens with zero attached hydrogens (tertiary/aromatic N) is 2. The maximum absolute atomic E-state index is 12.5. The number of fused-ring (bicyclic) bond motifs is 2. The first-order chi connectivity index (χ1) is 11.9. The smallest absolute Gasteiger partial charge is 0.373 e. The van der Waals surface area contributed by atoms with Crippen molar-refractivity contribution in [2.75, 3.05) is 20.7 Å². The number of furan rings is 1. The van der Waals surface area contributed by atoms with E-state index >= 15 is 0 Å². The quantitative estimate of drug-likeness (QED) is 0.583. The highest BCUT2D eigenvalue weighted by atomic mass is 16.5. The van der Waals surface area contributed by atoms with E-state index < -0.39 is 23.8 Å². The zero-order valence-electron chi connectivity index (χ0n) is 14.0. The van der Waals surface area contributed by atoms with Crippen LogP contribution < -0.4 is 5.32 Å². The third-order valence-electron chi connectivity index (χ3n) is 4.52. The number of hydrogen-bond donors (Lipinski definition) is 1. The SMILES string of the molecule is COC(=O)c1ccc(CN(C)C(=O)C(=O)N2C3CCC2C(=O)NC3)o1. The summed E-state index contributed by atoms with van der Waals surface area (Å²) < 4.78 is 9.84. The molecule has 3 amide bonds. The van der Waals surface area contributed by atoms with Gasteiger partial charge in [0.25, 0.3) is 0 Å². The van der Waals surface area contributed by atoms with Crippen LogP contribution in [0.5, 0.6) is 0 Å². The van der Waals surface area contributed by atoms with Gasteiger partial charge in [-0.25, -0.2) is 4.79 Å². The molecule has 0 aromatic carbocycles. The highest BCUT2D eigenvalue weighted by Gasteiger charge is 2.46. The molecule has 3 heterocycles. The van der Waals surface area contributed by atoms with Crippen molar-refractivity contribution >= 4 is 23.7 Å². The minimum absolute atomic E-state index is 0.0235. The van der Waals surface area contributed by atoms with E-state index in [1.165, 1.54) is 30.0 Å². The number of piperazine rings is 1. The predicted molar refractivity (Wildman–Crippen MR) is 83.2 cm³/mol. The van der Waals surface area contributed by atoms with Crippen LogP contribution in [-0.4, -0.2) is 66.3 Å². The van der Waals surface area contributed by atoms with Gasteiger partial charge in [0.15, 0.2) is 0 Å². The third-order valence-corrected chi connectivity index (χ3v) is 4.52. The number of rotatable bonds is 3. The van der Waals surface area contributed by atoms with Crippen LogP contribution in [0.3, 0.4) is 0 Å². The highest BCUT2D eigenvalue weighted by molar-refractivity contribution is 6.35. The molecular formula is C16H19N3O6. The van der Waals surface area contributed by atoms with Crippen molar-refractivity contribution in [1.29, 1.82) is 0 Å². The molecule has 9 heteroatoms. The largest absolute Gasteiger partial charge is 0.463 e. The summed E-state index contributed by atoms with van der Waals surface area (Å²) in [4.78, 5) is 50.8. The highest BCUT2D eigenvalue weighted by Crippen LogP contribution is 2.27. The van der Waals surface area contributed by atoms with E-state index in [-0.39, 0.29) is 24.3 Å². The normalized spacial score (nSPS) is 21.7. The first-order valence-electron chi connectivity index (χ1n) is 7.95. The van der Waals surface area contributed by atoms with Crippen LogP contribution in [0.25, 0.3) is 0 Å². The Bertz CT molecular complexity index is 727. The summed E-state index contributed by atoms with van der Waals surface area (Å²) in [6.45, 7) is 0.398. The van der Waals surface area contributed by atoms with E-state index in [2.05, 4.69) is 10.1 Å². The molecule has 2 aliphatic heterocycles. The summed E-state index contributed by atoms with van der Waals surface area (Å²) >= 11 is 0. The van der Waals surface area contributed by atoms with Crippen molar-refractivity contribution in [3.05, 3.63) is 23.7 Å². The predicted octanol–water partition coefficient (Wildman–Crippen LogP) is -0.486. The maximum atomic E-state index is 12.5. The fourth-order valence-corrected chi connectivity index (χ4v) is 3.24. The van der Waals surface area contributed by atoms with Crippen LogP contribution >= 0.6 is 0 Å². The van der Waals surface area contributed by atoms with Crippen molar-refractivity contribution in [3.63, 3.8) is 0 Å². The Balaban J connectivity index is 1.66. The molecule has 2 bridgehead atoms. The Kier molecular flexibility index (Phi) is 4.47. The van der Waals surface area contributed by atoms with E-state index in [0.29, 0.717) is 25.1 Å². The molecule has 2 atom stereocenters. The van der Waals surface area contributed by atoms with Gasteiger partial charge in [-0.1, -0.05) is 0 Å². The molecule has 2 unspecified atom stereocenters. The molecular weight excluding hydrogens is 330 g/mol. The summed E-state index contributed by atoms with van der Waals surface area (Å²) in [5, 5.41) is 2.74. The van der Waals surface area contributed by atoms with Crippen molar-refractivity contribution in [3.8, 4) is 0 Å². The molecule has 0 spiro atoms. The van der Waals surface area contributed by atoms with Gasteiger partial charge in [0, 0.05) is 13.6 Å². The van der Waals surface area contributed by atoms with Gasteiger partial charge in [0.2, 0.25) is 11.7 Å². The Morgan fingerprint density at radius 3 is 2.84 bits per heavy atom. The molecule has 3 rings (SSSR count). The molecule has 25 heavy (non-hydrogen) atoms. The van der Waals surface area contributed by atoms with E-state index in [0.717, 1.165) is 0 Å². The van der Waals surface area contributed by atoms with Crippen molar-refractivity contribution in [2.45, 2.75) is 31.5 Å². The lowest BCUT2D eigenvalue weighted by atomic mass is 10.2. The zero-order chi connectivity index (χ0) is 18.1. The fraction of sp³-hybridized carbons (Fsp3) is 0.500. The molecule has 0 radical (unpaired) electrons. The number of ether oxygens (including phenoxy) is 1. The first-order valence-corrected chi connectivity index (χ1v) is 7.95. The van der Waals surface area contributed by atoms with Crippen molar-refractivity contribution in [1.82, 2.24) is 15.1 Å². The lowest BCUT2D eigenvalue weighted by molar-refractivity contribution is -0.156. The minimum Gasteiger partial charge on any atom is -0.463 e. The molecule has 1 aromatic rings. The van der Waals surface area contributed by atoms with E-state index in [1.54, 1.807) is 6.07 Å². The number of methoxy groups -OCH3 is 1. The van der Waals surface area contributed by atoms with E-state index in [4.69, 9.17) is 4.42 Å². The van der Waals surface area contributed by atoms with Crippen LogP contribution in [0.2, 0.25) is 0 Å². The van der Waals surface area contributed by atoms with Crippen molar-refractivity contribution < 1.29 is 28.3 Å². The monoisotopic (exact) mass is 349 g/mol. The standard InChI is InChI=1S/C16H19N3O6/c1-18(8-10-4-6-12(25-10)16(23)24-2)14(21)15(22)19-9-3-5-11(19)13(20)17-7-9/h4,6,9,11H,3,5,7-8H2,1-2H3,(H,17,20). The Labute approximate surface area is 143 Å². The molecule has 1 N–H and O–H groups in total. The molecule has 2 fully saturated rings.